The van der Waals surface area contributed by atoms with Gasteiger partial charge in [-0.2, -0.15) is 0 Å². The minimum atomic E-state index is -2.16. The van der Waals surface area contributed by atoms with Crippen molar-refractivity contribution in [3.63, 3.8) is 0 Å². The number of allylic oxidation sites excluding steroid dienone is 3. The number of aliphatic carboxylic acids is 1. The van der Waals surface area contributed by atoms with E-state index < -0.39 is 193 Å². The molecule has 5 aliphatic carbocycles. The van der Waals surface area contributed by atoms with E-state index >= 15 is 0 Å². The number of esters is 1. The fourth-order valence-electron chi connectivity index (χ4n) is 15.9. The van der Waals surface area contributed by atoms with Crippen molar-refractivity contribution in [3.05, 3.63) is 23.3 Å². The largest absolute Gasteiger partial charge is 0.479 e. The molecule has 434 valence electrons. The number of carboxylic acids is 1. The molecule has 0 radical (unpaired) electrons. The summed E-state index contributed by atoms with van der Waals surface area (Å²) in [5.74, 6) is -3.12. The quantitative estimate of drug-likeness (QED) is 0.0415. The normalized spacial score (nSPS) is 52.3. The summed E-state index contributed by atoms with van der Waals surface area (Å²) in [6.45, 7) is 12.9. The molecule has 76 heavy (non-hydrogen) atoms. The lowest BCUT2D eigenvalue weighted by molar-refractivity contribution is -0.392. The highest BCUT2D eigenvalue weighted by atomic mass is 16.8. The lowest BCUT2D eigenvalue weighted by Crippen LogP contribution is -2.72. The van der Waals surface area contributed by atoms with Gasteiger partial charge in [-0.25, -0.2) is 9.59 Å². The van der Waals surface area contributed by atoms with Gasteiger partial charge in [-0.3, -0.25) is 0 Å². The van der Waals surface area contributed by atoms with Gasteiger partial charge in [-0.05, 0) is 92.8 Å². The van der Waals surface area contributed by atoms with E-state index in [1.807, 2.05) is 20.8 Å². The molecule has 27 atom stereocenters. The Morgan fingerprint density at radius 2 is 1.26 bits per heavy atom. The third kappa shape index (κ3) is 9.16. The molecule has 3 heterocycles. The van der Waals surface area contributed by atoms with E-state index in [0.29, 0.717) is 37.7 Å². The lowest BCUT2D eigenvalue weighted by atomic mass is 9.33. The molecule has 0 bridgehead atoms. The number of aliphatic hydroxyl groups is 13. The van der Waals surface area contributed by atoms with Crippen LogP contribution in [0.25, 0.3) is 0 Å². The number of hydrogen-bond acceptors (Lipinski definition) is 22. The Hall–Kier alpha value is -2.34. The fraction of sp³-hybridized carbons (Fsp3) is 0.887. The first-order valence-corrected chi connectivity index (χ1v) is 26.8. The summed E-state index contributed by atoms with van der Waals surface area (Å²) < 4.78 is 41.9. The minimum absolute atomic E-state index is 0.0566. The Kier molecular flexibility index (Phi) is 16.9. The Morgan fingerprint density at radius 1 is 0.684 bits per heavy atom. The van der Waals surface area contributed by atoms with Crippen LogP contribution in [0, 0.1) is 50.2 Å². The van der Waals surface area contributed by atoms with E-state index in [1.165, 1.54) is 0 Å². The van der Waals surface area contributed by atoms with Crippen LogP contribution in [0.1, 0.15) is 100 Å². The maximum atomic E-state index is 13.2. The third-order valence-corrected chi connectivity index (χ3v) is 20.8. The molecule has 4 saturated carbocycles. The van der Waals surface area contributed by atoms with Crippen molar-refractivity contribution in [2.24, 2.45) is 50.2 Å². The molecular weight excluding hydrogens is 1000 g/mol. The van der Waals surface area contributed by atoms with Crippen molar-refractivity contribution in [1.82, 2.24) is 0 Å². The topological polar surface area (TPSA) is 382 Å². The molecule has 23 nitrogen and oxygen atoms in total. The molecule has 0 aromatic rings. The van der Waals surface area contributed by atoms with Gasteiger partial charge in [-0.15, -0.1) is 0 Å². The summed E-state index contributed by atoms with van der Waals surface area (Å²) in [7, 11) is 0. The molecule has 0 aromatic heterocycles. The smallest absolute Gasteiger partial charge is 0.335 e. The summed E-state index contributed by atoms with van der Waals surface area (Å²) in [5, 5.41) is 155. The van der Waals surface area contributed by atoms with Crippen molar-refractivity contribution in [1.29, 1.82) is 0 Å². The Morgan fingerprint density at radius 3 is 1.79 bits per heavy atom. The van der Waals surface area contributed by atoms with Crippen molar-refractivity contribution in [2.75, 3.05) is 26.4 Å². The Labute approximate surface area is 442 Å². The van der Waals surface area contributed by atoms with Crippen LogP contribution in [-0.2, 0) is 42.7 Å². The zero-order valence-corrected chi connectivity index (χ0v) is 44.6. The number of carbonyl (C=O) groups is 2. The van der Waals surface area contributed by atoms with Gasteiger partial charge in [0, 0.05) is 16.4 Å². The maximum absolute atomic E-state index is 13.2. The molecule has 0 spiro atoms. The molecule has 3 saturated heterocycles. The van der Waals surface area contributed by atoms with Crippen LogP contribution in [0.5, 0.6) is 0 Å². The van der Waals surface area contributed by atoms with Crippen molar-refractivity contribution >= 4 is 11.9 Å². The van der Waals surface area contributed by atoms with Crippen LogP contribution in [0.2, 0.25) is 0 Å². The summed E-state index contributed by atoms with van der Waals surface area (Å²) in [6, 6.07) is 0. The fourth-order valence-corrected chi connectivity index (χ4v) is 15.9. The summed E-state index contributed by atoms with van der Waals surface area (Å²) >= 11 is 0. The second kappa shape index (κ2) is 21.5. The molecule has 8 rings (SSSR count). The van der Waals surface area contributed by atoms with Crippen molar-refractivity contribution < 1.29 is 114 Å². The second-order valence-corrected chi connectivity index (χ2v) is 24.9. The van der Waals surface area contributed by atoms with Gasteiger partial charge in [0.25, 0.3) is 0 Å². The third-order valence-electron chi connectivity index (χ3n) is 20.8. The van der Waals surface area contributed by atoms with Gasteiger partial charge >= 0.3 is 11.9 Å². The molecule has 0 aromatic carbocycles. The van der Waals surface area contributed by atoms with Gasteiger partial charge in [-0.1, -0.05) is 59.3 Å². The molecule has 14 N–H and O–H groups in total. The van der Waals surface area contributed by atoms with Gasteiger partial charge in [0.1, 0.15) is 79.4 Å². The first-order chi connectivity index (χ1) is 35.5. The van der Waals surface area contributed by atoms with Gasteiger partial charge in [0.2, 0.25) is 0 Å². The van der Waals surface area contributed by atoms with Crippen molar-refractivity contribution in [3.8, 4) is 0 Å². The van der Waals surface area contributed by atoms with Crippen LogP contribution in [0.4, 0.5) is 0 Å². The van der Waals surface area contributed by atoms with Crippen LogP contribution in [0.15, 0.2) is 23.3 Å². The standard InChI is InChI=1S/C53H84O23/c1-9-22(2)44(69)76-42-41(66)53(21-57)24(16-48(42,3)4)23-10-11-28-49(5)14-13-30(50(6,20-56)27(49)12-15-51(28,7)52(23,8)17-29(53)58)72-47-39(74-46-36(64)34(62)32(60)26(19-55)71-46)37(65)38(40(75-47)43(67)68)73-45-35(63)33(61)31(59)25(18-54)70-45/h9-10,24-42,45-47,54-66H,11-21H2,1-8H3,(H,67,68)/b22-9-/t24-,25+,26+,27+,28+,29+,30-,31+,32+,33-,34-,35+,36+,37-,38-,39+,40-,41-,42-,45-,46-,47+,49-,50+,51+,52+,53-/m0/s1. The number of aliphatic hydroxyl groups excluding tert-OH is 13. The summed E-state index contributed by atoms with van der Waals surface area (Å²) in [6.07, 6.45) is -26.3. The predicted octanol–water partition coefficient (Wildman–Crippen LogP) is -1.89. The van der Waals surface area contributed by atoms with E-state index in [1.54, 1.807) is 19.9 Å². The predicted molar refractivity (Wildman–Crippen MR) is 259 cm³/mol. The molecule has 23 heteroatoms. The molecule has 3 aliphatic heterocycles. The Bertz CT molecular complexity index is 2170. The number of hydrogen-bond donors (Lipinski definition) is 14. The molecule has 8 aliphatic rings. The summed E-state index contributed by atoms with van der Waals surface area (Å²) in [4.78, 5) is 26.2. The number of rotatable bonds is 13. The van der Waals surface area contributed by atoms with Crippen LogP contribution in [-0.4, -0.2) is 226 Å². The average molecular weight is 1090 g/mol. The van der Waals surface area contributed by atoms with Gasteiger partial charge in [0.05, 0.1) is 44.1 Å². The van der Waals surface area contributed by atoms with E-state index in [9.17, 15) is 81.1 Å². The van der Waals surface area contributed by atoms with E-state index in [0.717, 1.165) is 5.57 Å². The first-order valence-electron chi connectivity index (χ1n) is 26.8. The van der Waals surface area contributed by atoms with Crippen LogP contribution < -0.4 is 0 Å². The lowest BCUT2D eigenvalue weighted by Gasteiger charge is -2.72. The molecular formula is C53H84O23. The number of carbonyl (C=O) groups excluding carboxylic acids is 1. The van der Waals surface area contributed by atoms with E-state index in [-0.39, 0.29) is 24.7 Å². The zero-order chi connectivity index (χ0) is 56.2. The minimum Gasteiger partial charge on any atom is -0.479 e. The molecule has 0 unspecified atom stereocenters. The van der Waals surface area contributed by atoms with Crippen LogP contribution in [0.3, 0.4) is 0 Å². The highest BCUT2D eigenvalue weighted by Crippen LogP contribution is 2.76. The maximum Gasteiger partial charge on any atom is 0.335 e. The van der Waals surface area contributed by atoms with Gasteiger partial charge < -0.3 is 105 Å². The first kappa shape index (κ1) is 59.8. The number of carboxylic acid groups (broad SMARTS) is 1. The van der Waals surface area contributed by atoms with E-state index in [4.69, 9.17) is 33.2 Å². The summed E-state index contributed by atoms with van der Waals surface area (Å²) in [5.41, 5.74) is -3.57. The second-order valence-electron chi connectivity index (χ2n) is 24.9. The monoisotopic (exact) mass is 1090 g/mol. The SMILES string of the molecule is C/C=C(/C)C(=O)O[C@H]1[C@H](O)[C@]2(CO)[C@H](O)C[C@]3(C)C(=CC[C@@H]4[C@@]5(C)CC[C@H](O[C@@H]6O[C@H](C(=O)O)[C@@H](O[C@@H]7O[C@H](CO)[C@@H](O)[C@H](O)[C@H]7O)[C@H](O)[C@H]6O[C@@H]6O[C@H](CO)[C@@H](O)[C@H](O)[C@H]6O)[C@](C)(CO)[C@@H]5CC[C@]43C)[C@@H]2CC1(C)C. The number of fused-ring (bicyclic) bond motifs is 7. The number of ether oxygens (including phenoxy) is 7. The highest BCUT2D eigenvalue weighted by Gasteiger charge is 2.73. The van der Waals surface area contributed by atoms with Crippen LogP contribution >= 0.6 is 0 Å². The van der Waals surface area contributed by atoms with Crippen molar-refractivity contribution in [2.45, 2.75) is 217 Å². The average Bonchev–Trinajstić information content (AvgIpc) is 3.58. The highest BCUT2D eigenvalue weighted by molar-refractivity contribution is 5.87. The van der Waals surface area contributed by atoms with Gasteiger partial charge in [0.15, 0.2) is 25.0 Å². The Balaban J connectivity index is 1.10. The molecule has 0 amide bonds. The molecule has 7 fully saturated rings. The zero-order valence-electron chi connectivity index (χ0n) is 44.6. The van der Waals surface area contributed by atoms with E-state index in [2.05, 4.69) is 26.8 Å².